The van der Waals surface area contributed by atoms with E-state index in [4.69, 9.17) is 9.47 Å². The van der Waals surface area contributed by atoms with Crippen LogP contribution >= 0.6 is 0 Å². The fourth-order valence-corrected chi connectivity index (χ4v) is 3.42. The van der Waals surface area contributed by atoms with Crippen molar-refractivity contribution in [1.82, 2.24) is 4.90 Å². The maximum Gasteiger partial charge on any atom is 0.416 e. The highest BCUT2D eigenvalue weighted by atomic mass is 19.4. The molecule has 4 rings (SSSR count). The molecule has 0 atom stereocenters. The largest absolute Gasteiger partial charge is 0.454 e. The molecule has 9 heteroatoms. The minimum atomic E-state index is -4.36. The Morgan fingerprint density at radius 1 is 1.00 bits per heavy atom. The molecule has 2 aromatic rings. The zero-order valence-electron chi connectivity index (χ0n) is 15.5. The number of ether oxygens (including phenoxy) is 2. The van der Waals surface area contributed by atoms with Crippen molar-refractivity contribution in [3.8, 4) is 11.5 Å². The van der Waals surface area contributed by atoms with E-state index in [0.29, 0.717) is 49.1 Å². The lowest BCUT2D eigenvalue weighted by atomic mass is 10.1. The van der Waals surface area contributed by atoms with Gasteiger partial charge in [0.2, 0.25) is 12.7 Å². The van der Waals surface area contributed by atoms with Crippen molar-refractivity contribution in [3.63, 3.8) is 0 Å². The standard InChI is InChI=1S/C20H20F3N3O3/c21-20(22,23)14-2-1-3-16(10-14)26-8-6-25(7-9-26)12-19(27)24-15-4-5-17-18(11-15)29-13-28-17/h1-5,10-11H,6-9,12-13H2,(H,24,27). The van der Waals surface area contributed by atoms with E-state index in [9.17, 15) is 18.0 Å². The van der Waals surface area contributed by atoms with Gasteiger partial charge in [0.15, 0.2) is 11.5 Å². The first-order valence-electron chi connectivity index (χ1n) is 9.22. The van der Waals surface area contributed by atoms with Gasteiger partial charge in [-0.15, -0.1) is 0 Å². The predicted octanol–water partition coefficient (Wildman–Crippen LogP) is 3.19. The average Bonchev–Trinajstić information content (AvgIpc) is 3.16. The quantitative estimate of drug-likeness (QED) is 0.844. The van der Waals surface area contributed by atoms with Crippen LogP contribution in [0.2, 0.25) is 0 Å². The predicted molar refractivity (Wildman–Crippen MR) is 101 cm³/mol. The van der Waals surface area contributed by atoms with Gasteiger partial charge in [0, 0.05) is 43.6 Å². The van der Waals surface area contributed by atoms with E-state index >= 15 is 0 Å². The van der Waals surface area contributed by atoms with Gasteiger partial charge in [0.25, 0.3) is 0 Å². The van der Waals surface area contributed by atoms with Gasteiger partial charge >= 0.3 is 6.18 Å². The summed E-state index contributed by atoms with van der Waals surface area (Å²) >= 11 is 0. The molecule has 0 bridgehead atoms. The lowest BCUT2D eigenvalue weighted by Gasteiger charge is -2.36. The highest BCUT2D eigenvalue weighted by molar-refractivity contribution is 5.92. The topological polar surface area (TPSA) is 54.0 Å². The van der Waals surface area contributed by atoms with Crippen molar-refractivity contribution < 1.29 is 27.4 Å². The molecule has 2 aliphatic heterocycles. The smallest absolute Gasteiger partial charge is 0.416 e. The Labute approximate surface area is 165 Å². The Kier molecular flexibility index (Phi) is 5.23. The normalized spacial score (nSPS) is 16.7. The molecule has 0 saturated carbocycles. The van der Waals surface area contributed by atoms with Crippen LogP contribution in [0, 0.1) is 0 Å². The third-order valence-corrected chi connectivity index (χ3v) is 4.93. The Bertz CT molecular complexity index is 896. The molecule has 1 amide bonds. The summed E-state index contributed by atoms with van der Waals surface area (Å²) in [4.78, 5) is 16.2. The first-order valence-corrected chi connectivity index (χ1v) is 9.22. The van der Waals surface area contributed by atoms with Gasteiger partial charge < -0.3 is 19.7 Å². The number of rotatable bonds is 4. The first kappa shape index (κ1) is 19.4. The number of carbonyl (C=O) groups is 1. The number of carbonyl (C=O) groups excluding carboxylic acids is 1. The Morgan fingerprint density at radius 2 is 1.76 bits per heavy atom. The summed E-state index contributed by atoms with van der Waals surface area (Å²) in [6, 6.07) is 10.5. The Hall–Kier alpha value is -2.94. The lowest BCUT2D eigenvalue weighted by Crippen LogP contribution is -2.48. The van der Waals surface area contributed by atoms with Gasteiger partial charge in [0.05, 0.1) is 12.1 Å². The molecule has 29 heavy (non-hydrogen) atoms. The molecule has 0 radical (unpaired) electrons. The minimum Gasteiger partial charge on any atom is -0.454 e. The third-order valence-electron chi connectivity index (χ3n) is 4.93. The zero-order chi connectivity index (χ0) is 20.4. The summed E-state index contributed by atoms with van der Waals surface area (Å²) < 4.78 is 49.3. The van der Waals surface area contributed by atoms with Crippen molar-refractivity contribution in [1.29, 1.82) is 0 Å². The number of hydrogen-bond donors (Lipinski definition) is 1. The van der Waals surface area contributed by atoms with E-state index in [0.717, 1.165) is 6.07 Å². The zero-order valence-corrected chi connectivity index (χ0v) is 15.5. The van der Waals surface area contributed by atoms with Gasteiger partial charge in [-0.2, -0.15) is 13.2 Å². The second-order valence-electron chi connectivity index (χ2n) is 6.93. The van der Waals surface area contributed by atoms with Crippen LogP contribution in [0.15, 0.2) is 42.5 Å². The molecule has 0 unspecified atom stereocenters. The van der Waals surface area contributed by atoms with Gasteiger partial charge in [-0.3, -0.25) is 9.69 Å². The van der Waals surface area contributed by atoms with Crippen molar-refractivity contribution >= 4 is 17.3 Å². The van der Waals surface area contributed by atoms with Gasteiger partial charge in [-0.05, 0) is 30.3 Å². The van der Waals surface area contributed by atoms with Crippen molar-refractivity contribution in [3.05, 3.63) is 48.0 Å². The molecule has 6 nitrogen and oxygen atoms in total. The highest BCUT2D eigenvalue weighted by Crippen LogP contribution is 2.34. The molecule has 2 aromatic carbocycles. The molecule has 154 valence electrons. The molecule has 2 heterocycles. The second kappa shape index (κ2) is 7.82. The maximum absolute atomic E-state index is 12.9. The Balaban J connectivity index is 1.29. The van der Waals surface area contributed by atoms with E-state index in [-0.39, 0.29) is 19.2 Å². The molecule has 1 saturated heterocycles. The SMILES string of the molecule is O=C(CN1CCN(c2cccc(C(F)(F)F)c2)CC1)Nc1ccc2c(c1)OCO2. The number of fused-ring (bicyclic) bond motifs is 1. The number of benzene rings is 2. The van der Waals surface area contributed by atoms with E-state index in [2.05, 4.69) is 5.32 Å². The van der Waals surface area contributed by atoms with Crippen LogP contribution in [-0.2, 0) is 11.0 Å². The van der Waals surface area contributed by atoms with Crippen molar-refractivity contribution in [2.45, 2.75) is 6.18 Å². The van der Waals surface area contributed by atoms with Gasteiger partial charge in [0.1, 0.15) is 0 Å². The number of alkyl halides is 3. The molecule has 0 aliphatic carbocycles. The van der Waals surface area contributed by atoms with Crippen LogP contribution in [-0.4, -0.2) is 50.3 Å². The van der Waals surface area contributed by atoms with Gasteiger partial charge in [-0.25, -0.2) is 0 Å². The first-order chi connectivity index (χ1) is 13.9. The van der Waals surface area contributed by atoms with E-state index in [1.54, 1.807) is 24.3 Å². The molecule has 2 aliphatic rings. The van der Waals surface area contributed by atoms with Crippen LogP contribution in [0.5, 0.6) is 11.5 Å². The summed E-state index contributed by atoms with van der Waals surface area (Å²) in [7, 11) is 0. The molecular formula is C20H20F3N3O3. The summed E-state index contributed by atoms with van der Waals surface area (Å²) in [5.74, 6) is 1.09. The Morgan fingerprint density at radius 3 is 2.52 bits per heavy atom. The van der Waals surface area contributed by atoms with Crippen LogP contribution in [0.3, 0.4) is 0 Å². The summed E-state index contributed by atoms with van der Waals surface area (Å²) in [6.07, 6.45) is -4.36. The molecule has 1 fully saturated rings. The van der Waals surface area contributed by atoms with Crippen LogP contribution in [0.1, 0.15) is 5.56 Å². The average molecular weight is 407 g/mol. The number of amides is 1. The minimum absolute atomic E-state index is 0.156. The number of nitrogens with one attached hydrogen (secondary N) is 1. The molecular weight excluding hydrogens is 387 g/mol. The molecule has 0 aromatic heterocycles. The van der Waals surface area contributed by atoms with E-state index in [1.807, 2.05) is 9.80 Å². The summed E-state index contributed by atoms with van der Waals surface area (Å²) in [6.45, 7) is 2.67. The third kappa shape index (κ3) is 4.56. The second-order valence-corrected chi connectivity index (χ2v) is 6.93. The van der Waals surface area contributed by atoms with Crippen LogP contribution in [0.25, 0.3) is 0 Å². The lowest BCUT2D eigenvalue weighted by molar-refractivity contribution is -0.137. The van der Waals surface area contributed by atoms with Crippen molar-refractivity contribution in [2.24, 2.45) is 0 Å². The number of halogens is 3. The monoisotopic (exact) mass is 407 g/mol. The number of anilines is 2. The van der Waals surface area contributed by atoms with Crippen molar-refractivity contribution in [2.75, 3.05) is 49.7 Å². The molecule has 1 N–H and O–H groups in total. The van der Waals surface area contributed by atoms with E-state index in [1.165, 1.54) is 12.1 Å². The number of hydrogen-bond acceptors (Lipinski definition) is 5. The number of piperazine rings is 1. The van der Waals surface area contributed by atoms with Crippen LogP contribution < -0.4 is 19.7 Å². The summed E-state index contributed by atoms with van der Waals surface area (Å²) in [5, 5.41) is 2.83. The number of nitrogens with zero attached hydrogens (tertiary/aromatic N) is 2. The van der Waals surface area contributed by atoms with Crippen LogP contribution in [0.4, 0.5) is 24.5 Å². The van der Waals surface area contributed by atoms with Gasteiger partial charge in [-0.1, -0.05) is 6.07 Å². The highest BCUT2D eigenvalue weighted by Gasteiger charge is 2.31. The fourth-order valence-electron chi connectivity index (χ4n) is 3.42. The maximum atomic E-state index is 12.9. The fraction of sp³-hybridized carbons (Fsp3) is 0.350. The van der Waals surface area contributed by atoms with E-state index < -0.39 is 11.7 Å². The summed E-state index contributed by atoms with van der Waals surface area (Å²) in [5.41, 5.74) is 0.520. The molecule has 0 spiro atoms.